The molecule has 18 heavy (non-hydrogen) atoms. The molecule has 0 aliphatic rings. The molecule has 2 rings (SSSR count). The monoisotopic (exact) mass is 248 g/mol. The van der Waals surface area contributed by atoms with Crippen molar-refractivity contribution in [1.82, 2.24) is 4.57 Å². The minimum absolute atomic E-state index is 0.139. The molecule has 0 bridgehead atoms. The molecule has 0 aliphatic heterocycles. The lowest BCUT2D eigenvalue weighted by Crippen LogP contribution is -1.98. The Morgan fingerprint density at radius 3 is 2.89 bits per heavy atom. The minimum atomic E-state index is -0.366. The molecule has 2 aromatic rings. The van der Waals surface area contributed by atoms with Crippen molar-refractivity contribution in [2.24, 2.45) is 0 Å². The van der Waals surface area contributed by atoms with Gasteiger partial charge in [-0.1, -0.05) is 0 Å². The summed E-state index contributed by atoms with van der Waals surface area (Å²) in [7, 11) is 1.70. The number of fused-ring (bicyclic) bond motifs is 1. The number of aromatic nitrogens is 1. The minimum Gasteiger partial charge on any atom is -0.385 e. The fourth-order valence-electron chi connectivity index (χ4n) is 2.02. The second-order valence-electron chi connectivity index (χ2n) is 4.21. The highest BCUT2D eigenvalue weighted by atomic mass is 16.6. The first-order chi connectivity index (χ1) is 8.72. The van der Waals surface area contributed by atoms with E-state index in [1.54, 1.807) is 19.2 Å². The largest absolute Gasteiger partial charge is 0.385 e. The van der Waals surface area contributed by atoms with E-state index >= 15 is 0 Å². The number of unbranched alkanes of at least 4 members (excludes halogenated alkanes) is 1. The Morgan fingerprint density at radius 2 is 2.17 bits per heavy atom. The van der Waals surface area contributed by atoms with Crippen LogP contribution >= 0.6 is 0 Å². The lowest BCUT2D eigenvalue weighted by Gasteiger charge is -2.05. The second kappa shape index (κ2) is 5.64. The van der Waals surface area contributed by atoms with Crippen molar-refractivity contribution in [3.63, 3.8) is 0 Å². The van der Waals surface area contributed by atoms with E-state index in [9.17, 15) is 10.1 Å². The van der Waals surface area contributed by atoms with Crippen molar-refractivity contribution in [3.05, 3.63) is 40.6 Å². The van der Waals surface area contributed by atoms with Gasteiger partial charge in [-0.15, -0.1) is 0 Å². The van der Waals surface area contributed by atoms with Gasteiger partial charge >= 0.3 is 0 Å². The van der Waals surface area contributed by atoms with Crippen LogP contribution in [0.1, 0.15) is 12.8 Å². The number of nitro groups is 1. The Hall–Kier alpha value is -1.88. The van der Waals surface area contributed by atoms with Gasteiger partial charge in [0.05, 0.1) is 4.92 Å². The zero-order valence-corrected chi connectivity index (χ0v) is 10.3. The molecule has 1 aromatic carbocycles. The molecule has 5 nitrogen and oxygen atoms in total. The van der Waals surface area contributed by atoms with Gasteiger partial charge in [0, 0.05) is 49.5 Å². The molecular weight excluding hydrogens is 232 g/mol. The maximum Gasteiger partial charge on any atom is 0.270 e. The Balaban J connectivity index is 2.13. The Morgan fingerprint density at radius 1 is 1.33 bits per heavy atom. The van der Waals surface area contributed by atoms with Gasteiger partial charge in [-0.05, 0) is 25.0 Å². The van der Waals surface area contributed by atoms with Gasteiger partial charge in [0.2, 0.25) is 0 Å². The van der Waals surface area contributed by atoms with Crippen LogP contribution in [-0.2, 0) is 11.3 Å². The summed E-state index contributed by atoms with van der Waals surface area (Å²) in [6, 6.07) is 6.89. The van der Waals surface area contributed by atoms with E-state index in [2.05, 4.69) is 4.57 Å². The molecule has 0 saturated carbocycles. The van der Waals surface area contributed by atoms with E-state index in [1.165, 1.54) is 0 Å². The second-order valence-corrected chi connectivity index (χ2v) is 4.21. The van der Waals surface area contributed by atoms with Crippen LogP contribution in [0.2, 0.25) is 0 Å². The van der Waals surface area contributed by atoms with Crippen LogP contribution in [0, 0.1) is 10.1 Å². The first-order valence-corrected chi connectivity index (χ1v) is 5.94. The van der Waals surface area contributed by atoms with Gasteiger partial charge in [-0.2, -0.15) is 0 Å². The van der Waals surface area contributed by atoms with Crippen molar-refractivity contribution in [1.29, 1.82) is 0 Å². The maximum atomic E-state index is 10.7. The molecule has 5 heteroatoms. The van der Waals surface area contributed by atoms with E-state index < -0.39 is 0 Å². The number of benzene rings is 1. The van der Waals surface area contributed by atoms with E-state index in [1.807, 2.05) is 18.3 Å². The van der Waals surface area contributed by atoms with E-state index in [-0.39, 0.29) is 10.6 Å². The SMILES string of the molecule is COCCCCn1ccc2cc([N+](=O)[O-])ccc21. The number of ether oxygens (including phenoxy) is 1. The smallest absolute Gasteiger partial charge is 0.270 e. The van der Waals surface area contributed by atoms with Gasteiger partial charge in [0.1, 0.15) is 0 Å². The van der Waals surface area contributed by atoms with Crippen molar-refractivity contribution in [3.8, 4) is 0 Å². The summed E-state index contributed by atoms with van der Waals surface area (Å²) in [6.07, 6.45) is 4.03. The molecular formula is C13H16N2O3. The first-order valence-electron chi connectivity index (χ1n) is 5.94. The van der Waals surface area contributed by atoms with Crippen molar-refractivity contribution >= 4 is 16.6 Å². The van der Waals surface area contributed by atoms with Crippen LogP contribution < -0.4 is 0 Å². The van der Waals surface area contributed by atoms with Crippen molar-refractivity contribution in [2.75, 3.05) is 13.7 Å². The molecule has 1 aromatic heterocycles. The number of nitro benzene ring substituents is 1. The lowest BCUT2D eigenvalue weighted by atomic mass is 10.2. The van der Waals surface area contributed by atoms with Crippen LogP contribution in [0.25, 0.3) is 10.9 Å². The molecule has 0 unspecified atom stereocenters. The summed E-state index contributed by atoms with van der Waals surface area (Å²) < 4.78 is 7.13. The predicted octanol–water partition coefficient (Wildman–Crippen LogP) is 2.98. The quantitative estimate of drug-likeness (QED) is 0.448. The third-order valence-electron chi connectivity index (χ3n) is 2.96. The molecule has 1 heterocycles. The molecule has 0 saturated heterocycles. The molecule has 0 spiro atoms. The van der Waals surface area contributed by atoms with Gasteiger partial charge < -0.3 is 9.30 Å². The zero-order valence-electron chi connectivity index (χ0n) is 10.3. The topological polar surface area (TPSA) is 57.3 Å². The summed E-state index contributed by atoms with van der Waals surface area (Å²) >= 11 is 0. The highest BCUT2D eigenvalue weighted by Crippen LogP contribution is 2.22. The average Bonchev–Trinajstić information content (AvgIpc) is 2.77. The molecule has 0 amide bonds. The fourth-order valence-corrected chi connectivity index (χ4v) is 2.02. The van der Waals surface area contributed by atoms with E-state index in [4.69, 9.17) is 4.74 Å². The molecule has 0 fully saturated rings. The summed E-state index contributed by atoms with van der Waals surface area (Å²) in [5.41, 5.74) is 1.18. The average molecular weight is 248 g/mol. The predicted molar refractivity (Wildman–Crippen MR) is 69.7 cm³/mol. The number of rotatable bonds is 6. The summed E-state index contributed by atoms with van der Waals surface area (Å²) in [6.45, 7) is 1.68. The number of non-ortho nitro benzene ring substituents is 1. The fraction of sp³-hybridized carbons (Fsp3) is 0.385. The number of hydrogen-bond acceptors (Lipinski definition) is 3. The van der Waals surface area contributed by atoms with Crippen LogP contribution in [0.5, 0.6) is 0 Å². The third kappa shape index (κ3) is 2.68. The zero-order chi connectivity index (χ0) is 13.0. The van der Waals surface area contributed by atoms with Crippen LogP contribution in [-0.4, -0.2) is 23.2 Å². The molecule has 0 N–H and O–H groups in total. The summed E-state index contributed by atoms with van der Waals surface area (Å²) in [5, 5.41) is 11.6. The highest BCUT2D eigenvalue weighted by molar-refractivity contribution is 5.82. The molecule has 0 radical (unpaired) electrons. The molecule has 0 aliphatic carbocycles. The van der Waals surface area contributed by atoms with Crippen molar-refractivity contribution < 1.29 is 9.66 Å². The number of hydrogen-bond donors (Lipinski definition) is 0. The summed E-state index contributed by atoms with van der Waals surface area (Å²) in [5.74, 6) is 0. The lowest BCUT2D eigenvalue weighted by molar-refractivity contribution is -0.384. The first kappa shape index (κ1) is 12.6. The molecule has 96 valence electrons. The van der Waals surface area contributed by atoms with E-state index in [0.717, 1.165) is 36.9 Å². The van der Waals surface area contributed by atoms with Crippen LogP contribution in [0.15, 0.2) is 30.5 Å². The van der Waals surface area contributed by atoms with E-state index in [0.29, 0.717) is 0 Å². The van der Waals surface area contributed by atoms with Crippen LogP contribution in [0.3, 0.4) is 0 Å². The van der Waals surface area contributed by atoms with Gasteiger partial charge in [-0.3, -0.25) is 10.1 Å². The maximum absolute atomic E-state index is 10.7. The Bertz CT molecular complexity index is 548. The number of aryl methyl sites for hydroxylation is 1. The highest BCUT2D eigenvalue weighted by Gasteiger charge is 2.08. The summed E-state index contributed by atoms with van der Waals surface area (Å²) in [4.78, 5) is 10.3. The standard InChI is InChI=1S/C13H16N2O3/c1-18-9-3-2-7-14-8-6-11-10-12(15(16)17)4-5-13(11)14/h4-6,8,10H,2-3,7,9H2,1H3. The Kier molecular flexibility index (Phi) is 3.94. The molecule has 0 atom stereocenters. The van der Waals surface area contributed by atoms with Crippen molar-refractivity contribution in [2.45, 2.75) is 19.4 Å². The number of methoxy groups -OCH3 is 1. The van der Waals surface area contributed by atoms with Gasteiger partial charge in [-0.25, -0.2) is 0 Å². The number of nitrogens with zero attached hydrogens (tertiary/aromatic N) is 2. The van der Waals surface area contributed by atoms with Gasteiger partial charge in [0.15, 0.2) is 0 Å². The van der Waals surface area contributed by atoms with Crippen LogP contribution in [0.4, 0.5) is 5.69 Å². The van der Waals surface area contributed by atoms with Gasteiger partial charge in [0.25, 0.3) is 5.69 Å². The Labute approximate surface area is 105 Å². The third-order valence-corrected chi connectivity index (χ3v) is 2.96. The normalized spacial score (nSPS) is 10.9.